The van der Waals surface area contributed by atoms with Gasteiger partial charge in [0.25, 0.3) is 0 Å². The van der Waals surface area contributed by atoms with Gasteiger partial charge in [-0.2, -0.15) is 0 Å². The number of carbonyl (C=O) groups is 2. The van der Waals surface area contributed by atoms with E-state index in [0.29, 0.717) is 32.0 Å². The van der Waals surface area contributed by atoms with Gasteiger partial charge in [0, 0.05) is 32.0 Å². The quantitative estimate of drug-likeness (QED) is 0.593. The first kappa shape index (κ1) is 20.2. The summed E-state index contributed by atoms with van der Waals surface area (Å²) in [5.74, 6) is 0.669. The van der Waals surface area contributed by atoms with Gasteiger partial charge in [0.1, 0.15) is 0 Å². The highest BCUT2D eigenvalue weighted by atomic mass is 35.5. The number of nitrogens with one attached hydrogen (secondary N) is 3. The molecule has 0 saturated heterocycles. The third kappa shape index (κ3) is 8.94. The van der Waals surface area contributed by atoms with Crippen molar-refractivity contribution in [3.63, 3.8) is 0 Å². The lowest BCUT2D eigenvalue weighted by Crippen LogP contribution is -2.39. The van der Waals surface area contributed by atoms with E-state index in [-0.39, 0.29) is 30.1 Å². The van der Waals surface area contributed by atoms with Crippen molar-refractivity contribution in [2.24, 2.45) is 11.8 Å². The average Bonchev–Trinajstić information content (AvgIpc) is 2.44. The van der Waals surface area contributed by atoms with Crippen molar-refractivity contribution >= 4 is 24.2 Å². The number of hydrogen-bond donors (Lipinski definition) is 3. The van der Waals surface area contributed by atoms with Gasteiger partial charge in [0.15, 0.2) is 0 Å². The molecule has 0 aromatic rings. The number of rotatable bonds is 8. The molecular formula is C15H30ClN3O2. The first-order valence-electron chi connectivity index (χ1n) is 7.82. The summed E-state index contributed by atoms with van der Waals surface area (Å²) in [4.78, 5) is 23.4. The molecule has 2 amide bonds. The van der Waals surface area contributed by atoms with Crippen LogP contribution in [-0.2, 0) is 9.59 Å². The maximum atomic E-state index is 11.8. The molecule has 1 saturated carbocycles. The molecule has 0 aliphatic heterocycles. The fourth-order valence-electron chi connectivity index (χ4n) is 2.69. The zero-order valence-electron chi connectivity index (χ0n) is 13.2. The second-order valence-corrected chi connectivity index (χ2v) is 5.81. The molecule has 1 aliphatic rings. The standard InChI is InChI=1S/C15H29N3O2.ClH/c1-12(11-16-2)15(20)18-9-8-17-14(19)10-13-6-4-3-5-7-13;/h12-13,16H,3-11H2,1-2H3,(H,17,19)(H,18,20);1H. The van der Waals surface area contributed by atoms with Crippen molar-refractivity contribution in [2.45, 2.75) is 45.4 Å². The fraction of sp³-hybridized carbons (Fsp3) is 0.867. The van der Waals surface area contributed by atoms with Gasteiger partial charge in [0.05, 0.1) is 0 Å². The monoisotopic (exact) mass is 319 g/mol. The van der Waals surface area contributed by atoms with Crippen molar-refractivity contribution in [3.05, 3.63) is 0 Å². The predicted octanol–water partition coefficient (Wildman–Crippen LogP) is 1.47. The van der Waals surface area contributed by atoms with Crippen molar-refractivity contribution in [2.75, 3.05) is 26.7 Å². The Bertz CT molecular complexity index is 307. The zero-order valence-corrected chi connectivity index (χ0v) is 14.1. The lowest BCUT2D eigenvalue weighted by molar-refractivity contribution is -0.125. The van der Waals surface area contributed by atoms with Gasteiger partial charge in [-0.3, -0.25) is 9.59 Å². The van der Waals surface area contributed by atoms with Crippen LogP contribution in [0.25, 0.3) is 0 Å². The van der Waals surface area contributed by atoms with E-state index in [2.05, 4.69) is 16.0 Å². The summed E-state index contributed by atoms with van der Waals surface area (Å²) in [7, 11) is 1.83. The van der Waals surface area contributed by atoms with Gasteiger partial charge in [-0.15, -0.1) is 12.4 Å². The molecule has 124 valence electrons. The molecule has 0 spiro atoms. The largest absolute Gasteiger partial charge is 0.354 e. The Morgan fingerprint density at radius 1 is 1.10 bits per heavy atom. The molecule has 0 radical (unpaired) electrons. The van der Waals surface area contributed by atoms with Crippen LogP contribution in [0.4, 0.5) is 0 Å². The highest BCUT2D eigenvalue weighted by Gasteiger charge is 2.16. The molecule has 21 heavy (non-hydrogen) atoms. The van der Waals surface area contributed by atoms with Crippen molar-refractivity contribution < 1.29 is 9.59 Å². The minimum atomic E-state index is -0.0436. The highest BCUT2D eigenvalue weighted by molar-refractivity contribution is 5.85. The number of hydrogen-bond acceptors (Lipinski definition) is 3. The Morgan fingerprint density at radius 3 is 2.33 bits per heavy atom. The second kappa shape index (κ2) is 11.8. The van der Waals surface area contributed by atoms with Crippen LogP contribution in [0, 0.1) is 11.8 Å². The van der Waals surface area contributed by atoms with Gasteiger partial charge >= 0.3 is 0 Å². The van der Waals surface area contributed by atoms with Gasteiger partial charge < -0.3 is 16.0 Å². The molecule has 0 bridgehead atoms. The molecule has 1 aliphatic carbocycles. The smallest absolute Gasteiger partial charge is 0.224 e. The van der Waals surface area contributed by atoms with E-state index >= 15 is 0 Å². The van der Waals surface area contributed by atoms with Crippen LogP contribution in [0.3, 0.4) is 0 Å². The summed E-state index contributed by atoms with van der Waals surface area (Å²) < 4.78 is 0. The normalized spacial score (nSPS) is 16.7. The molecule has 6 heteroatoms. The van der Waals surface area contributed by atoms with E-state index < -0.39 is 0 Å². The Labute approximate surface area is 134 Å². The summed E-state index contributed by atoms with van der Waals surface area (Å²) in [5, 5.41) is 8.69. The molecule has 1 fully saturated rings. The third-order valence-electron chi connectivity index (χ3n) is 3.90. The number of amides is 2. The maximum Gasteiger partial charge on any atom is 0.224 e. The van der Waals surface area contributed by atoms with Crippen molar-refractivity contribution in [1.29, 1.82) is 0 Å². The zero-order chi connectivity index (χ0) is 14.8. The van der Waals surface area contributed by atoms with Gasteiger partial charge in [-0.05, 0) is 25.8 Å². The Kier molecular flexibility index (Phi) is 11.4. The molecule has 1 unspecified atom stereocenters. The molecule has 5 nitrogen and oxygen atoms in total. The molecule has 3 N–H and O–H groups in total. The summed E-state index contributed by atoms with van der Waals surface area (Å²) >= 11 is 0. The number of halogens is 1. The molecule has 1 atom stereocenters. The molecule has 1 rings (SSSR count). The van der Waals surface area contributed by atoms with Gasteiger partial charge in [0.2, 0.25) is 11.8 Å². The first-order chi connectivity index (χ1) is 9.63. The lowest BCUT2D eigenvalue weighted by Gasteiger charge is -2.20. The van der Waals surface area contributed by atoms with E-state index in [9.17, 15) is 9.59 Å². The molecule has 0 heterocycles. The molecule has 0 aromatic carbocycles. The van der Waals surface area contributed by atoms with Crippen LogP contribution in [-0.4, -0.2) is 38.5 Å². The fourth-order valence-corrected chi connectivity index (χ4v) is 2.69. The van der Waals surface area contributed by atoms with E-state index in [1.807, 2.05) is 14.0 Å². The predicted molar refractivity (Wildman–Crippen MR) is 87.6 cm³/mol. The van der Waals surface area contributed by atoms with Crippen LogP contribution >= 0.6 is 12.4 Å². The minimum Gasteiger partial charge on any atom is -0.354 e. The van der Waals surface area contributed by atoms with Crippen molar-refractivity contribution in [1.82, 2.24) is 16.0 Å². The maximum absolute atomic E-state index is 11.8. The van der Waals surface area contributed by atoms with Crippen LogP contribution in [0.2, 0.25) is 0 Å². The second-order valence-electron chi connectivity index (χ2n) is 5.81. The summed E-state index contributed by atoms with van der Waals surface area (Å²) in [6.45, 7) is 3.57. The highest BCUT2D eigenvalue weighted by Crippen LogP contribution is 2.25. The summed E-state index contributed by atoms with van der Waals surface area (Å²) in [6, 6.07) is 0. The van der Waals surface area contributed by atoms with E-state index in [1.54, 1.807) is 0 Å². The van der Waals surface area contributed by atoms with Crippen LogP contribution in [0.1, 0.15) is 45.4 Å². The third-order valence-corrected chi connectivity index (χ3v) is 3.90. The Hall–Kier alpha value is -0.810. The first-order valence-corrected chi connectivity index (χ1v) is 7.82. The number of carbonyl (C=O) groups excluding carboxylic acids is 2. The van der Waals surface area contributed by atoms with Crippen LogP contribution < -0.4 is 16.0 Å². The summed E-state index contributed by atoms with van der Waals surface area (Å²) in [5.41, 5.74) is 0. The Balaban J connectivity index is 0.00000400. The molecule has 0 aromatic heterocycles. The van der Waals surface area contributed by atoms with E-state index in [4.69, 9.17) is 0 Å². The summed E-state index contributed by atoms with van der Waals surface area (Å²) in [6.07, 6.45) is 6.85. The van der Waals surface area contributed by atoms with E-state index in [0.717, 1.165) is 0 Å². The average molecular weight is 320 g/mol. The van der Waals surface area contributed by atoms with Crippen LogP contribution in [0.15, 0.2) is 0 Å². The van der Waals surface area contributed by atoms with Gasteiger partial charge in [-0.25, -0.2) is 0 Å². The SMILES string of the molecule is CNCC(C)C(=O)NCCNC(=O)CC1CCCCC1.Cl. The minimum absolute atomic E-state index is 0. The lowest BCUT2D eigenvalue weighted by atomic mass is 9.87. The topological polar surface area (TPSA) is 70.2 Å². The van der Waals surface area contributed by atoms with Crippen molar-refractivity contribution in [3.8, 4) is 0 Å². The van der Waals surface area contributed by atoms with Gasteiger partial charge in [-0.1, -0.05) is 26.2 Å². The van der Waals surface area contributed by atoms with E-state index in [1.165, 1.54) is 32.1 Å². The Morgan fingerprint density at radius 2 is 1.71 bits per heavy atom. The van der Waals surface area contributed by atoms with Crippen LogP contribution in [0.5, 0.6) is 0 Å². The molecular weight excluding hydrogens is 290 g/mol.